The highest BCUT2D eigenvalue weighted by atomic mass is 32.2. The highest BCUT2D eigenvalue weighted by Crippen LogP contribution is 2.25. The fourth-order valence-corrected chi connectivity index (χ4v) is 2.00. The zero-order valence-electron chi connectivity index (χ0n) is 8.51. The minimum Gasteiger partial charge on any atom is -0.382 e. The predicted octanol–water partition coefficient (Wildman–Crippen LogP) is 1.25. The Labute approximate surface area is 91.7 Å². The van der Waals surface area contributed by atoms with Gasteiger partial charge in [-0.05, 0) is 24.8 Å². The summed E-state index contributed by atoms with van der Waals surface area (Å²) in [5, 5.41) is 6.09. The second-order valence-corrected chi connectivity index (χ2v) is 4.17. The van der Waals surface area contributed by atoms with Crippen molar-refractivity contribution in [1.29, 1.82) is 0 Å². The van der Waals surface area contributed by atoms with Crippen LogP contribution < -0.4 is 5.73 Å². The van der Waals surface area contributed by atoms with E-state index in [4.69, 9.17) is 5.73 Å². The first kappa shape index (κ1) is 9.97. The van der Waals surface area contributed by atoms with Gasteiger partial charge < -0.3 is 5.73 Å². The van der Waals surface area contributed by atoms with Gasteiger partial charge >= 0.3 is 0 Å². The molecular weight excluding hydrogens is 210 g/mol. The Balaban J connectivity index is 2.21. The summed E-state index contributed by atoms with van der Waals surface area (Å²) in [4.78, 5) is 8.13. The van der Waals surface area contributed by atoms with Crippen LogP contribution in [-0.4, -0.2) is 19.7 Å². The van der Waals surface area contributed by atoms with Gasteiger partial charge in [0.15, 0.2) is 0 Å². The maximum Gasteiger partial charge on any atom is 0.141 e. The van der Waals surface area contributed by atoms with Gasteiger partial charge in [-0.2, -0.15) is 5.10 Å². The van der Waals surface area contributed by atoms with Crippen molar-refractivity contribution in [2.75, 3.05) is 5.73 Å². The van der Waals surface area contributed by atoms with E-state index in [1.807, 2.05) is 24.7 Å². The van der Waals surface area contributed by atoms with Gasteiger partial charge in [0.2, 0.25) is 0 Å². The second-order valence-electron chi connectivity index (χ2n) is 3.13. The Morgan fingerprint density at radius 2 is 2.13 bits per heavy atom. The molecule has 0 saturated carbocycles. The van der Waals surface area contributed by atoms with E-state index in [0.717, 1.165) is 15.7 Å². The largest absolute Gasteiger partial charge is 0.382 e. The average molecular weight is 221 g/mol. The van der Waals surface area contributed by atoms with Crippen LogP contribution in [0.4, 0.5) is 5.82 Å². The van der Waals surface area contributed by atoms with Crippen molar-refractivity contribution < 1.29 is 0 Å². The third kappa shape index (κ3) is 2.27. The summed E-state index contributed by atoms with van der Waals surface area (Å²) in [5.41, 5.74) is 6.44. The Hall–Kier alpha value is -1.56. The lowest BCUT2D eigenvalue weighted by molar-refractivity contribution is 0.692. The van der Waals surface area contributed by atoms with E-state index in [0.29, 0.717) is 5.82 Å². The van der Waals surface area contributed by atoms with Crippen molar-refractivity contribution >= 4 is 17.6 Å². The van der Waals surface area contributed by atoms with Gasteiger partial charge in [0.05, 0.1) is 18.1 Å². The van der Waals surface area contributed by atoms with Crippen LogP contribution in [0.3, 0.4) is 0 Å². The molecule has 2 aromatic heterocycles. The molecule has 0 amide bonds. The van der Waals surface area contributed by atoms with E-state index in [-0.39, 0.29) is 0 Å². The van der Waals surface area contributed by atoms with Crippen molar-refractivity contribution in [2.24, 2.45) is 7.05 Å². The van der Waals surface area contributed by atoms with Gasteiger partial charge in [0.25, 0.3) is 0 Å². The first-order chi connectivity index (χ1) is 7.15. The molecular formula is C9H11N5S. The zero-order valence-corrected chi connectivity index (χ0v) is 9.32. The van der Waals surface area contributed by atoms with Crippen molar-refractivity contribution in [1.82, 2.24) is 19.7 Å². The fraction of sp³-hybridized carbons (Fsp3) is 0.222. The molecule has 0 bridgehead atoms. The van der Waals surface area contributed by atoms with E-state index in [1.54, 1.807) is 12.4 Å². The summed E-state index contributed by atoms with van der Waals surface area (Å²) < 4.78 is 1.82. The predicted molar refractivity (Wildman–Crippen MR) is 58.5 cm³/mol. The van der Waals surface area contributed by atoms with Crippen molar-refractivity contribution in [3.05, 3.63) is 24.2 Å². The summed E-state index contributed by atoms with van der Waals surface area (Å²) in [6.07, 6.45) is 3.20. The standard InChI is InChI=1S/C9H11N5S/c1-6-3-9(14(2)13-6)15-8-5-11-7(10)4-12-8/h3-5H,1-2H3,(H2,10,11). The number of anilines is 1. The normalized spacial score (nSPS) is 10.5. The van der Waals surface area contributed by atoms with E-state index in [1.165, 1.54) is 11.8 Å². The molecule has 0 aliphatic carbocycles. The average Bonchev–Trinajstić information content (AvgIpc) is 2.49. The third-order valence-corrected chi connectivity index (χ3v) is 2.83. The molecule has 6 heteroatoms. The van der Waals surface area contributed by atoms with Gasteiger partial charge in [0.1, 0.15) is 15.9 Å². The van der Waals surface area contributed by atoms with E-state index in [9.17, 15) is 0 Å². The number of hydrogen-bond acceptors (Lipinski definition) is 5. The molecule has 15 heavy (non-hydrogen) atoms. The van der Waals surface area contributed by atoms with Crippen LogP contribution in [0.5, 0.6) is 0 Å². The van der Waals surface area contributed by atoms with Crippen LogP contribution >= 0.6 is 11.8 Å². The maximum absolute atomic E-state index is 5.45. The Kier molecular flexibility index (Phi) is 2.59. The molecule has 0 saturated heterocycles. The Morgan fingerprint density at radius 1 is 1.33 bits per heavy atom. The highest BCUT2D eigenvalue weighted by Gasteiger charge is 2.05. The second kappa shape index (κ2) is 3.90. The van der Waals surface area contributed by atoms with Crippen molar-refractivity contribution in [3.63, 3.8) is 0 Å². The summed E-state index contributed by atoms with van der Waals surface area (Å²) in [6.45, 7) is 1.96. The first-order valence-corrected chi connectivity index (χ1v) is 5.23. The lowest BCUT2D eigenvalue weighted by Gasteiger charge is -2.00. The molecule has 2 rings (SSSR count). The van der Waals surface area contributed by atoms with E-state index < -0.39 is 0 Å². The molecule has 0 aliphatic rings. The lowest BCUT2D eigenvalue weighted by atomic mass is 10.5. The summed E-state index contributed by atoms with van der Waals surface area (Å²) in [5.74, 6) is 0.431. The Morgan fingerprint density at radius 3 is 2.67 bits per heavy atom. The van der Waals surface area contributed by atoms with E-state index >= 15 is 0 Å². The summed E-state index contributed by atoms with van der Waals surface area (Å²) in [7, 11) is 1.90. The van der Waals surface area contributed by atoms with Gasteiger partial charge in [-0.3, -0.25) is 4.68 Å². The topological polar surface area (TPSA) is 69.6 Å². The van der Waals surface area contributed by atoms with E-state index in [2.05, 4.69) is 15.1 Å². The van der Waals surface area contributed by atoms with Crippen LogP contribution in [-0.2, 0) is 7.05 Å². The third-order valence-electron chi connectivity index (χ3n) is 1.82. The molecule has 2 aromatic rings. The quantitative estimate of drug-likeness (QED) is 0.826. The number of aromatic nitrogens is 4. The number of nitrogens with two attached hydrogens (primary N) is 1. The van der Waals surface area contributed by atoms with Gasteiger partial charge in [-0.15, -0.1) is 0 Å². The van der Waals surface area contributed by atoms with Gasteiger partial charge in [-0.25, -0.2) is 9.97 Å². The Bertz CT molecular complexity index is 462. The van der Waals surface area contributed by atoms with Crippen LogP contribution in [0.15, 0.2) is 28.5 Å². The van der Waals surface area contributed by atoms with Gasteiger partial charge in [-0.1, -0.05) is 0 Å². The van der Waals surface area contributed by atoms with Crippen LogP contribution in [0, 0.1) is 6.92 Å². The molecule has 0 aliphatic heterocycles. The summed E-state index contributed by atoms with van der Waals surface area (Å²) >= 11 is 1.52. The van der Waals surface area contributed by atoms with Crippen LogP contribution in [0.25, 0.3) is 0 Å². The number of rotatable bonds is 2. The molecule has 0 radical (unpaired) electrons. The highest BCUT2D eigenvalue weighted by molar-refractivity contribution is 7.99. The summed E-state index contributed by atoms with van der Waals surface area (Å²) in [6, 6.07) is 2.00. The number of aryl methyl sites for hydroxylation is 2. The molecule has 0 atom stereocenters. The fourth-order valence-electron chi connectivity index (χ4n) is 1.17. The van der Waals surface area contributed by atoms with Gasteiger partial charge in [0, 0.05) is 7.05 Å². The minimum absolute atomic E-state index is 0.431. The molecule has 2 N–H and O–H groups in total. The molecule has 0 fully saturated rings. The monoisotopic (exact) mass is 221 g/mol. The molecule has 2 heterocycles. The number of nitrogens with zero attached hydrogens (tertiary/aromatic N) is 4. The molecule has 5 nitrogen and oxygen atoms in total. The molecule has 78 valence electrons. The number of hydrogen-bond donors (Lipinski definition) is 1. The minimum atomic E-state index is 0.431. The van der Waals surface area contributed by atoms with Crippen LogP contribution in [0.1, 0.15) is 5.69 Å². The SMILES string of the molecule is Cc1cc(Sc2cnc(N)cn2)n(C)n1. The van der Waals surface area contributed by atoms with Crippen LogP contribution in [0.2, 0.25) is 0 Å². The molecule has 0 aromatic carbocycles. The van der Waals surface area contributed by atoms with Crippen molar-refractivity contribution in [2.45, 2.75) is 17.0 Å². The maximum atomic E-state index is 5.45. The smallest absolute Gasteiger partial charge is 0.141 e. The zero-order chi connectivity index (χ0) is 10.8. The lowest BCUT2D eigenvalue weighted by Crippen LogP contribution is -1.94. The van der Waals surface area contributed by atoms with Crippen molar-refractivity contribution in [3.8, 4) is 0 Å². The molecule has 0 spiro atoms. The number of nitrogen functional groups attached to an aromatic ring is 1. The molecule has 0 unspecified atom stereocenters. The first-order valence-electron chi connectivity index (χ1n) is 4.41.